The van der Waals surface area contributed by atoms with Gasteiger partial charge in [0, 0.05) is 12.3 Å². The summed E-state index contributed by atoms with van der Waals surface area (Å²) in [6, 6.07) is 7.05. The third-order valence-electron chi connectivity index (χ3n) is 3.67. The average molecular weight is 374 g/mol. The number of amides is 1. The topological polar surface area (TPSA) is 118 Å². The van der Waals surface area contributed by atoms with Crippen molar-refractivity contribution in [3.8, 4) is 0 Å². The molecule has 0 aliphatic carbocycles. The van der Waals surface area contributed by atoms with Gasteiger partial charge in [0.1, 0.15) is 0 Å². The predicted molar refractivity (Wildman–Crippen MR) is 99.2 cm³/mol. The molecule has 0 unspecified atom stereocenters. The van der Waals surface area contributed by atoms with Gasteiger partial charge in [0.25, 0.3) is 5.71 Å². The van der Waals surface area contributed by atoms with Gasteiger partial charge in [-0.2, -0.15) is 10.2 Å². The zero-order valence-electron chi connectivity index (χ0n) is 15.4. The lowest BCUT2D eigenvalue weighted by molar-refractivity contribution is -0.140. The SMILES string of the molecule is CCOC(=O)C(=NNc1ccc(C2=NNC(=O)C[C@H]2C)cc1)C(=O)OCC. The number of hydrogen-bond acceptors (Lipinski definition) is 8. The number of hydrogen-bond donors (Lipinski definition) is 2. The number of rotatable bonds is 7. The van der Waals surface area contributed by atoms with Gasteiger partial charge in [-0.25, -0.2) is 15.0 Å². The van der Waals surface area contributed by atoms with Crippen LogP contribution >= 0.6 is 0 Å². The van der Waals surface area contributed by atoms with E-state index in [1.807, 2.05) is 6.92 Å². The van der Waals surface area contributed by atoms with Crippen molar-refractivity contribution in [1.82, 2.24) is 5.43 Å². The van der Waals surface area contributed by atoms with E-state index in [1.165, 1.54) is 0 Å². The molecular weight excluding hydrogens is 352 g/mol. The highest BCUT2D eigenvalue weighted by Gasteiger charge is 2.24. The van der Waals surface area contributed by atoms with Crippen molar-refractivity contribution in [1.29, 1.82) is 0 Å². The molecule has 27 heavy (non-hydrogen) atoms. The Morgan fingerprint density at radius 2 is 1.78 bits per heavy atom. The summed E-state index contributed by atoms with van der Waals surface area (Å²) in [4.78, 5) is 35.1. The second-order valence-corrected chi connectivity index (χ2v) is 5.73. The highest BCUT2D eigenvalue weighted by Crippen LogP contribution is 2.18. The second kappa shape index (κ2) is 9.46. The molecule has 1 aromatic rings. The monoisotopic (exact) mass is 374 g/mol. The Bertz CT molecular complexity index is 750. The van der Waals surface area contributed by atoms with E-state index >= 15 is 0 Å². The molecule has 0 spiro atoms. The van der Waals surface area contributed by atoms with Crippen molar-refractivity contribution >= 4 is 35.0 Å². The van der Waals surface area contributed by atoms with Crippen molar-refractivity contribution in [2.24, 2.45) is 16.1 Å². The first-order valence-electron chi connectivity index (χ1n) is 8.61. The van der Waals surface area contributed by atoms with Gasteiger partial charge in [0.05, 0.1) is 24.6 Å². The molecule has 144 valence electrons. The molecule has 9 nitrogen and oxygen atoms in total. The molecule has 1 amide bonds. The number of nitrogens with zero attached hydrogens (tertiary/aromatic N) is 2. The van der Waals surface area contributed by atoms with Crippen LogP contribution in [-0.2, 0) is 23.9 Å². The number of esters is 2. The van der Waals surface area contributed by atoms with E-state index in [0.717, 1.165) is 11.3 Å². The maximum absolute atomic E-state index is 11.9. The number of carbonyl (C=O) groups is 3. The van der Waals surface area contributed by atoms with E-state index in [2.05, 4.69) is 21.1 Å². The molecular formula is C18H22N4O5. The van der Waals surface area contributed by atoms with Crippen molar-refractivity contribution in [2.45, 2.75) is 27.2 Å². The quantitative estimate of drug-likeness (QED) is 0.323. The van der Waals surface area contributed by atoms with Gasteiger partial charge in [0.2, 0.25) is 5.91 Å². The normalized spacial score (nSPS) is 15.9. The summed E-state index contributed by atoms with van der Waals surface area (Å²) in [7, 11) is 0. The number of carbonyl (C=O) groups excluding carboxylic acids is 3. The van der Waals surface area contributed by atoms with Gasteiger partial charge in [-0.3, -0.25) is 10.2 Å². The fraction of sp³-hybridized carbons (Fsp3) is 0.389. The molecule has 1 aromatic carbocycles. The summed E-state index contributed by atoms with van der Waals surface area (Å²) >= 11 is 0. The molecule has 9 heteroatoms. The molecule has 0 aromatic heterocycles. The molecule has 2 N–H and O–H groups in total. The van der Waals surface area contributed by atoms with Gasteiger partial charge < -0.3 is 9.47 Å². The molecule has 0 saturated carbocycles. The van der Waals surface area contributed by atoms with Gasteiger partial charge in [0.15, 0.2) is 0 Å². The van der Waals surface area contributed by atoms with Crippen LogP contribution < -0.4 is 10.9 Å². The van der Waals surface area contributed by atoms with Gasteiger partial charge in [-0.1, -0.05) is 19.1 Å². The summed E-state index contributed by atoms with van der Waals surface area (Å²) in [6.07, 6.45) is 0.381. The molecule has 1 heterocycles. The molecule has 0 radical (unpaired) electrons. The number of ether oxygens (including phenoxy) is 2. The van der Waals surface area contributed by atoms with Crippen molar-refractivity contribution < 1.29 is 23.9 Å². The molecule has 1 aliphatic rings. The minimum atomic E-state index is -0.860. The zero-order chi connectivity index (χ0) is 19.8. The third kappa shape index (κ3) is 5.37. The first-order valence-corrected chi connectivity index (χ1v) is 8.61. The lowest BCUT2D eigenvalue weighted by atomic mass is 9.94. The van der Waals surface area contributed by atoms with Gasteiger partial charge in [-0.05, 0) is 31.5 Å². The van der Waals surface area contributed by atoms with Crippen LogP contribution in [0.1, 0.15) is 32.8 Å². The molecule has 2 rings (SSSR count). The zero-order valence-corrected chi connectivity index (χ0v) is 15.4. The van der Waals surface area contributed by atoms with Crippen molar-refractivity contribution in [3.05, 3.63) is 29.8 Å². The van der Waals surface area contributed by atoms with Crippen LogP contribution in [0, 0.1) is 5.92 Å². The van der Waals surface area contributed by atoms with E-state index in [9.17, 15) is 14.4 Å². The van der Waals surface area contributed by atoms with Crippen LogP contribution in [0.2, 0.25) is 0 Å². The van der Waals surface area contributed by atoms with E-state index in [1.54, 1.807) is 38.1 Å². The number of nitrogens with one attached hydrogen (secondary N) is 2. The van der Waals surface area contributed by atoms with E-state index in [-0.39, 0.29) is 25.0 Å². The first-order chi connectivity index (χ1) is 13.0. The molecule has 1 aliphatic heterocycles. The minimum Gasteiger partial charge on any atom is -0.461 e. The highest BCUT2D eigenvalue weighted by molar-refractivity contribution is 6.62. The van der Waals surface area contributed by atoms with Crippen LogP contribution in [-0.4, -0.2) is 42.5 Å². The molecule has 0 fully saturated rings. The summed E-state index contributed by atoms with van der Waals surface area (Å²) in [5.41, 5.74) is 6.85. The van der Waals surface area contributed by atoms with Crippen LogP contribution in [0.15, 0.2) is 34.5 Å². The fourth-order valence-corrected chi connectivity index (χ4v) is 2.41. The van der Waals surface area contributed by atoms with Gasteiger partial charge >= 0.3 is 11.9 Å². The summed E-state index contributed by atoms with van der Waals surface area (Å²) in [5.74, 6) is -1.82. The standard InChI is InChI=1S/C18H22N4O5/c1-4-26-17(24)16(18(25)27-5-2)22-19-13-8-6-12(7-9-13)15-11(3)10-14(23)20-21-15/h6-9,11,19H,4-5,10H2,1-3H3,(H,20,23)/t11-/m1/s1. The Balaban J connectivity index is 2.13. The summed E-state index contributed by atoms with van der Waals surface area (Å²) in [6.45, 7) is 5.42. The van der Waals surface area contributed by atoms with Crippen LogP contribution in [0.3, 0.4) is 0 Å². The van der Waals surface area contributed by atoms with Crippen LogP contribution in [0.5, 0.6) is 0 Å². The van der Waals surface area contributed by atoms with Crippen molar-refractivity contribution in [3.63, 3.8) is 0 Å². The summed E-state index contributed by atoms with van der Waals surface area (Å²) in [5, 5.41) is 7.93. The van der Waals surface area contributed by atoms with Crippen LogP contribution in [0.25, 0.3) is 0 Å². The molecule has 0 bridgehead atoms. The lowest BCUT2D eigenvalue weighted by Crippen LogP contribution is -2.31. The fourth-order valence-electron chi connectivity index (χ4n) is 2.41. The Morgan fingerprint density at radius 3 is 2.30 bits per heavy atom. The van der Waals surface area contributed by atoms with E-state index in [0.29, 0.717) is 12.1 Å². The number of benzene rings is 1. The number of hydrazone groups is 2. The van der Waals surface area contributed by atoms with Crippen molar-refractivity contribution in [2.75, 3.05) is 18.6 Å². The third-order valence-corrected chi connectivity index (χ3v) is 3.67. The Morgan fingerprint density at radius 1 is 1.19 bits per heavy atom. The Kier molecular flexibility index (Phi) is 7.04. The minimum absolute atomic E-state index is 0.00908. The average Bonchev–Trinajstić information content (AvgIpc) is 2.63. The largest absolute Gasteiger partial charge is 0.461 e. The Labute approximate surface area is 156 Å². The Hall–Kier alpha value is -3.23. The maximum atomic E-state index is 11.9. The first kappa shape index (κ1) is 20.1. The van der Waals surface area contributed by atoms with Gasteiger partial charge in [-0.15, -0.1) is 0 Å². The van der Waals surface area contributed by atoms with E-state index < -0.39 is 17.7 Å². The molecule has 1 atom stereocenters. The maximum Gasteiger partial charge on any atom is 0.366 e. The second-order valence-electron chi connectivity index (χ2n) is 5.73. The van der Waals surface area contributed by atoms with E-state index in [4.69, 9.17) is 9.47 Å². The summed E-state index contributed by atoms with van der Waals surface area (Å²) < 4.78 is 9.64. The predicted octanol–water partition coefficient (Wildman–Crippen LogP) is 1.44. The van der Waals surface area contributed by atoms with Crippen LogP contribution in [0.4, 0.5) is 5.69 Å². The lowest BCUT2D eigenvalue weighted by Gasteiger charge is -2.19. The molecule has 0 saturated heterocycles. The highest BCUT2D eigenvalue weighted by atomic mass is 16.6. The smallest absolute Gasteiger partial charge is 0.366 e. The number of anilines is 1.